The summed E-state index contributed by atoms with van der Waals surface area (Å²) in [6, 6.07) is 5.05. The maximum atomic E-state index is 13.1. The molecule has 17 heavy (non-hydrogen) atoms. The van der Waals surface area contributed by atoms with Crippen LogP contribution < -0.4 is 0 Å². The van der Waals surface area contributed by atoms with Crippen molar-refractivity contribution in [3.63, 3.8) is 0 Å². The molecule has 1 heterocycles. The molecular formula is C13H12F2OS. The second-order valence-corrected chi connectivity index (χ2v) is 5.30. The van der Waals surface area contributed by atoms with Gasteiger partial charge >= 0.3 is 0 Å². The van der Waals surface area contributed by atoms with E-state index in [2.05, 4.69) is 0 Å². The fourth-order valence-corrected chi connectivity index (χ4v) is 2.87. The van der Waals surface area contributed by atoms with E-state index in [4.69, 9.17) is 0 Å². The lowest BCUT2D eigenvalue weighted by Gasteiger charge is -2.10. The van der Waals surface area contributed by atoms with Gasteiger partial charge < -0.3 is 5.11 Å². The predicted molar refractivity (Wildman–Crippen MR) is 64.2 cm³/mol. The van der Waals surface area contributed by atoms with E-state index < -0.39 is 17.7 Å². The molecule has 0 saturated carbocycles. The Balaban J connectivity index is 2.43. The summed E-state index contributed by atoms with van der Waals surface area (Å²) in [6.07, 6.45) is -0.973. The quantitative estimate of drug-likeness (QED) is 0.866. The third kappa shape index (κ3) is 2.53. The topological polar surface area (TPSA) is 20.2 Å². The van der Waals surface area contributed by atoms with Crippen molar-refractivity contribution in [2.45, 2.75) is 20.0 Å². The molecule has 0 radical (unpaired) electrons. The first-order valence-electron chi connectivity index (χ1n) is 5.18. The zero-order chi connectivity index (χ0) is 12.6. The number of rotatable bonds is 2. The SMILES string of the molecule is Cc1cc(C)c(C(O)c2cc(F)cc(F)c2)s1. The second-order valence-electron chi connectivity index (χ2n) is 4.01. The number of halogens is 2. The molecule has 4 heteroatoms. The van der Waals surface area contributed by atoms with Gasteiger partial charge in [-0.15, -0.1) is 11.3 Å². The molecule has 0 saturated heterocycles. The van der Waals surface area contributed by atoms with Crippen LogP contribution in [0.1, 0.15) is 27.0 Å². The molecule has 0 fully saturated rings. The fraction of sp³-hybridized carbons (Fsp3) is 0.231. The summed E-state index contributed by atoms with van der Waals surface area (Å²) in [4.78, 5) is 1.79. The Morgan fingerprint density at radius 3 is 2.12 bits per heavy atom. The molecule has 0 spiro atoms. The van der Waals surface area contributed by atoms with Gasteiger partial charge in [0, 0.05) is 15.8 Å². The van der Waals surface area contributed by atoms with Crippen molar-refractivity contribution >= 4 is 11.3 Å². The van der Waals surface area contributed by atoms with Gasteiger partial charge in [-0.2, -0.15) is 0 Å². The Morgan fingerprint density at radius 2 is 1.65 bits per heavy atom. The van der Waals surface area contributed by atoms with Gasteiger partial charge in [-0.3, -0.25) is 0 Å². The van der Waals surface area contributed by atoms with E-state index in [-0.39, 0.29) is 5.56 Å². The van der Waals surface area contributed by atoms with E-state index >= 15 is 0 Å². The van der Waals surface area contributed by atoms with Crippen molar-refractivity contribution in [3.8, 4) is 0 Å². The number of thiophene rings is 1. The molecule has 2 rings (SSSR count). The van der Waals surface area contributed by atoms with Gasteiger partial charge in [-0.1, -0.05) is 0 Å². The highest BCUT2D eigenvalue weighted by molar-refractivity contribution is 7.12. The van der Waals surface area contributed by atoms with Crippen molar-refractivity contribution in [1.82, 2.24) is 0 Å². The highest BCUT2D eigenvalue weighted by Crippen LogP contribution is 2.32. The van der Waals surface area contributed by atoms with Crippen LogP contribution in [0.25, 0.3) is 0 Å². The molecule has 2 aromatic rings. The first-order chi connectivity index (χ1) is 7.97. The lowest BCUT2D eigenvalue weighted by atomic mass is 10.1. The number of hydrogen-bond acceptors (Lipinski definition) is 2. The third-order valence-corrected chi connectivity index (χ3v) is 3.73. The summed E-state index contributed by atoms with van der Waals surface area (Å²) in [5.41, 5.74) is 1.18. The number of aliphatic hydroxyl groups is 1. The zero-order valence-electron chi connectivity index (χ0n) is 9.50. The molecular weight excluding hydrogens is 242 g/mol. The minimum Gasteiger partial charge on any atom is -0.383 e. The third-order valence-electron chi connectivity index (χ3n) is 2.53. The number of hydrogen-bond donors (Lipinski definition) is 1. The molecule has 0 aliphatic heterocycles. The molecule has 1 atom stereocenters. The number of benzene rings is 1. The fourth-order valence-electron chi connectivity index (χ4n) is 1.82. The maximum Gasteiger partial charge on any atom is 0.126 e. The molecule has 0 bridgehead atoms. The van der Waals surface area contributed by atoms with Gasteiger partial charge in [0.05, 0.1) is 0 Å². The molecule has 0 amide bonds. The van der Waals surface area contributed by atoms with Gasteiger partial charge in [0.1, 0.15) is 17.7 Å². The van der Waals surface area contributed by atoms with Crippen LogP contribution in [0.5, 0.6) is 0 Å². The Bertz CT molecular complexity index is 528. The smallest absolute Gasteiger partial charge is 0.126 e. The zero-order valence-corrected chi connectivity index (χ0v) is 10.3. The van der Waals surface area contributed by atoms with Crippen LogP contribution in [0.2, 0.25) is 0 Å². The normalized spacial score (nSPS) is 12.8. The first-order valence-corrected chi connectivity index (χ1v) is 6.00. The van der Waals surface area contributed by atoms with E-state index in [1.807, 2.05) is 19.9 Å². The van der Waals surface area contributed by atoms with Crippen molar-refractivity contribution in [2.24, 2.45) is 0 Å². The largest absolute Gasteiger partial charge is 0.383 e. The van der Waals surface area contributed by atoms with Crippen LogP contribution in [-0.2, 0) is 0 Å². The van der Waals surface area contributed by atoms with Gasteiger partial charge in [-0.05, 0) is 43.2 Å². The van der Waals surface area contributed by atoms with E-state index in [1.54, 1.807) is 0 Å². The van der Waals surface area contributed by atoms with Crippen LogP contribution >= 0.6 is 11.3 Å². The predicted octanol–water partition coefficient (Wildman–Crippen LogP) is 3.72. The van der Waals surface area contributed by atoms with Crippen LogP contribution in [0, 0.1) is 25.5 Å². The average molecular weight is 254 g/mol. The van der Waals surface area contributed by atoms with Gasteiger partial charge in [0.25, 0.3) is 0 Å². The highest BCUT2D eigenvalue weighted by Gasteiger charge is 2.17. The Hall–Kier alpha value is -1.26. The minimum absolute atomic E-state index is 0.243. The second kappa shape index (κ2) is 4.55. The Morgan fingerprint density at radius 1 is 1.06 bits per heavy atom. The van der Waals surface area contributed by atoms with Crippen LogP contribution in [-0.4, -0.2) is 5.11 Å². The monoisotopic (exact) mass is 254 g/mol. The highest BCUT2D eigenvalue weighted by atomic mass is 32.1. The number of aliphatic hydroxyl groups excluding tert-OH is 1. The Labute approximate surface area is 102 Å². The molecule has 1 N–H and O–H groups in total. The minimum atomic E-state index is -0.973. The van der Waals surface area contributed by atoms with Gasteiger partial charge in [-0.25, -0.2) is 8.78 Å². The molecule has 0 aliphatic carbocycles. The lowest BCUT2D eigenvalue weighted by Crippen LogP contribution is -2.00. The summed E-state index contributed by atoms with van der Waals surface area (Å²) in [6.45, 7) is 3.80. The summed E-state index contributed by atoms with van der Waals surface area (Å²) >= 11 is 1.43. The summed E-state index contributed by atoms with van der Waals surface area (Å²) in [5, 5.41) is 10.1. The number of aryl methyl sites for hydroxylation is 2. The molecule has 1 unspecified atom stereocenters. The van der Waals surface area contributed by atoms with E-state index in [0.717, 1.165) is 33.5 Å². The van der Waals surface area contributed by atoms with E-state index in [0.29, 0.717) is 0 Å². The summed E-state index contributed by atoms with van der Waals surface area (Å²) in [7, 11) is 0. The van der Waals surface area contributed by atoms with Crippen molar-refractivity contribution in [2.75, 3.05) is 0 Å². The van der Waals surface area contributed by atoms with Gasteiger partial charge in [0.2, 0.25) is 0 Å². The molecule has 90 valence electrons. The molecule has 1 nitrogen and oxygen atoms in total. The average Bonchev–Trinajstić information content (AvgIpc) is 2.55. The maximum absolute atomic E-state index is 13.1. The van der Waals surface area contributed by atoms with Crippen molar-refractivity contribution in [3.05, 3.63) is 56.8 Å². The molecule has 1 aromatic heterocycles. The van der Waals surface area contributed by atoms with Crippen LogP contribution in [0.15, 0.2) is 24.3 Å². The first kappa shape index (κ1) is 12.2. The van der Waals surface area contributed by atoms with Crippen LogP contribution in [0.3, 0.4) is 0 Å². The summed E-state index contributed by atoms with van der Waals surface area (Å²) < 4.78 is 26.1. The summed E-state index contributed by atoms with van der Waals surface area (Å²) in [5.74, 6) is -1.35. The lowest BCUT2D eigenvalue weighted by molar-refractivity contribution is 0.222. The Kier molecular flexibility index (Phi) is 3.26. The molecule has 0 aliphatic rings. The van der Waals surface area contributed by atoms with E-state index in [9.17, 15) is 13.9 Å². The van der Waals surface area contributed by atoms with Gasteiger partial charge in [0.15, 0.2) is 0 Å². The van der Waals surface area contributed by atoms with Crippen LogP contribution in [0.4, 0.5) is 8.78 Å². The van der Waals surface area contributed by atoms with Crippen molar-refractivity contribution in [1.29, 1.82) is 0 Å². The van der Waals surface area contributed by atoms with E-state index in [1.165, 1.54) is 11.3 Å². The standard InChI is InChI=1S/C13H12F2OS/c1-7-3-8(2)17-13(7)12(16)9-4-10(14)6-11(15)5-9/h3-6,12,16H,1-2H3. The molecule has 1 aromatic carbocycles. The van der Waals surface area contributed by atoms with Crippen molar-refractivity contribution < 1.29 is 13.9 Å².